The molecule has 2 rings (SSSR count). The first kappa shape index (κ1) is 13.1. The number of hydrogen-bond acceptors (Lipinski definition) is 2. The highest BCUT2D eigenvalue weighted by atomic mass is 79.9. The van der Waals surface area contributed by atoms with Gasteiger partial charge in [0, 0.05) is 30.7 Å². The standard InChI is InChI=1S/C14H21BrN2/c15-14-6-4-13(5-7-14)3-1-2-10-17-11-8-16-9-12-17/h4-7,16H,1-3,8-12H2. The minimum atomic E-state index is 1.16. The molecule has 1 aliphatic rings. The minimum absolute atomic E-state index is 1.16. The lowest BCUT2D eigenvalue weighted by Crippen LogP contribution is -2.43. The van der Waals surface area contributed by atoms with Crippen molar-refractivity contribution in [1.29, 1.82) is 0 Å². The normalized spacial score (nSPS) is 17.2. The summed E-state index contributed by atoms with van der Waals surface area (Å²) in [6.45, 7) is 6.02. The molecule has 94 valence electrons. The van der Waals surface area contributed by atoms with Gasteiger partial charge >= 0.3 is 0 Å². The molecular weight excluding hydrogens is 276 g/mol. The second kappa shape index (κ2) is 7.14. The predicted octanol–water partition coefficient (Wildman–Crippen LogP) is 2.68. The maximum absolute atomic E-state index is 3.47. The number of nitrogens with zero attached hydrogens (tertiary/aromatic N) is 1. The van der Waals surface area contributed by atoms with Crippen molar-refractivity contribution in [2.24, 2.45) is 0 Å². The third-order valence-electron chi connectivity index (χ3n) is 3.31. The van der Waals surface area contributed by atoms with Gasteiger partial charge in [0.25, 0.3) is 0 Å². The summed E-state index contributed by atoms with van der Waals surface area (Å²) in [7, 11) is 0. The fourth-order valence-corrected chi connectivity index (χ4v) is 2.51. The number of halogens is 1. The van der Waals surface area contributed by atoms with Crippen molar-refractivity contribution in [2.45, 2.75) is 19.3 Å². The molecule has 1 heterocycles. The van der Waals surface area contributed by atoms with Crippen molar-refractivity contribution >= 4 is 15.9 Å². The van der Waals surface area contributed by atoms with Crippen LogP contribution in [0, 0.1) is 0 Å². The van der Waals surface area contributed by atoms with Gasteiger partial charge in [0.1, 0.15) is 0 Å². The van der Waals surface area contributed by atoms with E-state index in [4.69, 9.17) is 0 Å². The first-order valence-electron chi connectivity index (χ1n) is 6.52. The summed E-state index contributed by atoms with van der Waals surface area (Å²) >= 11 is 3.47. The second-order valence-corrected chi connectivity index (χ2v) is 5.59. The van der Waals surface area contributed by atoms with Crippen LogP contribution in [0.5, 0.6) is 0 Å². The van der Waals surface area contributed by atoms with Gasteiger partial charge in [-0.05, 0) is 43.5 Å². The Bertz CT molecular complexity index is 317. The average Bonchev–Trinajstić information content (AvgIpc) is 2.38. The molecule has 3 heteroatoms. The van der Waals surface area contributed by atoms with Crippen LogP contribution in [-0.2, 0) is 6.42 Å². The third kappa shape index (κ3) is 4.78. The fraction of sp³-hybridized carbons (Fsp3) is 0.571. The van der Waals surface area contributed by atoms with E-state index < -0.39 is 0 Å². The first-order valence-corrected chi connectivity index (χ1v) is 7.31. The lowest BCUT2D eigenvalue weighted by Gasteiger charge is -2.27. The zero-order valence-electron chi connectivity index (χ0n) is 10.3. The summed E-state index contributed by atoms with van der Waals surface area (Å²) in [5.41, 5.74) is 1.45. The fourth-order valence-electron chi connectivity index (χ4n) is 2.25. The van der Waals surface area contributed by atoms with Crippen LogP contribution in [0.3, 0.4) is 0 Å². The summed E-state index contributed by atoms with van der Waals surface area (Å²) in [6.07, 6.45) is 3.82. The Morgan fingerprint density at radius 2 is 1.76 bits per heavy atom. The number of nitrogens with one attached hydrogen (secondary N) is 1. The van der Waals surface area contributed by atoms with Crippen LogP contribution in [0.2, 0.25) is 0 Å². The molecule has 1 saturated heterocycles. The molecule has 0 aromatic heterocycles. The molecule has 0 spiro atoms. The zero-order valence-corrected chi connectivity index (χ0v) is 11.9. The maximum Gasteiger partial charge on any atom is 0.0175 e. The molecule has 0 bridgehead atoms. The van der Waals surface area contributed by atoms with Crippen LogP contribution >= 0.6 is 15.9 Å². The number of unbranched alkanes of at least 4 members (excludes halogenated alkanes) is 1. The van der Waals surface area contributed by atoms with Crippen LogP contribution in [0.15, 0.2) is 28.7 Å². The Balaban J connectivity index is 1.60. The summed E-state index contributed by atoms with van der Waals surface area (Å²) in [5, 5.41) is 3.39. The van der Waals surface area contributed by atoms with Gasteiger partial charge < -0.3 is 10.2 Å². The molecule has 1 fully saturated rings. The smallest absolute Gasteiger partial charge is 0.0175 e. The lowest BCUT2D eigenvalue weighted by atomic mass is 10.1. The van der Waals surface area contributed by atoms with Crippen LogP contribution in [0.25, 0.3) is 0 Å². The monoisotopic (exact) mass is 296 g/mol. The third-order valence-corrected chi connectivity index (χ3v) is 3.84. The number of piperazine rings is 1. The molecule has 1 aromatic rings. The molecule has 0 amide bonds. The quantitative estimate of drug-likeness (QED) is 0.841. The Labute approximate surface area is 113 Å². The lowest BCUT2D eigenvalue weighted by molar-refractivity contribution is 0.237. The van der Waals surface area contributed by atoms with Gasteiger partial charge in [-0.2, -0.15) is 0 Å². The van der Waals surface area contributed by atoms with Gasteiger partial charge in [-0.3, -0.25) is 0 Å². The Morgan fingerprint density at radius 3 is 2.47 bits per heavy atom. The van der Waals surface area contributed by atoms with Crippen LogP contribution in [-0.4, -0.2) is 37.6 Å². The summed E-state index contributed by atoms with van der Waals surface area (Å²) in [6, 6.07) is 8.70. The van der Waals surface area contributed by atoms with E-state index in [1.54, 1.807) is 0 Å². The first-order chi connectivity index (χ1) is 8.34. The maximum atomic E-state index is 3.47. The van der Waals surface area contributed by atoms with Gasteiger partial charge in [0.2, 0.25) is 0 Å². The molecule has 0 aliphatic carbocycles. The molecule has 1 aliphatic heterocycles. The second-order valence-electron chi connectivity index (χ2n) is 4.68. The number of aryl methyl sites for hydroxylation is 1. The molecule has 17 heavy (non-hydrogen) atoms. The van der Waals surface area contributed by atoms with Crippen molar-refractivity contribution in [3.05, 3.63) is 34.3 Å². The number of benzene rings is 1. The van der Waals surface area contributed by atoms with Crippen molar-refractivity contribution < 1.29 is 0 Å². The summed E-state index contributed by atoms with van der Waals surface area (Å²) in [5.74, 6) is 0. The number of hydrogen-bond donors (Lipinski definition) is 1. The molecule has 1 N–H and O–H groups in total. The van der Waals surface area contributed by atoms with Crippen molar-refractivity contribution in [3.63, 3.8) is 0 Å². The Morgan fingerprint density at radius 1 is 1.06 bits per heavy atom. The van der Waals surface area contributed by atoms with E-state index in [0.717, 1.165) is 13.1 Å². The average molecular weight is 297 g/mol. The van der Waals surface area contributed by atoms with Crippen LogP contribution in [0.1, 0.15) is 18.4 Å². The van der Waals surface area contributed by atoms with Gasteiger partial charge in [-0.1, -0.05) is 28.1 Å². The van der Waals surface area contributed by atoms with Crippen molar-refractivity contribution in [1.82, 2.24) is 10.2 Å². The SMILES string of the molecule is Brc1ccc(CCCCN2CCNCC2)cc1. The molecule has 1 aromatic carbocycles. The summed E-state index contributed by atoms with van der Waals surface area (Å²) in [4.78, 5) is 2.57. The minimum Gasteiger partial charge on any atom is -0.314 e. The summed E-state index contributed by atoms with van der Waals surface area (Å²) < 4.78 is 1.17. The zero-order chi connectivity index (χ0) is 11.9. The Hall–Kier alpha value is -0.380. The van der Waals surface area contributed by atoms with Crippen LogP contribution < -0.4 is 5.32 Å². The molecule has 2 nitrogen and oxygen atoms in total. The van der Waals surface area contributed by atoms with E-state index in [2.05, 4.69) is 50.4 Å². The van der Waals surface area contributed by atoms with E-state index in [1.165, 1.54) is 48.9 Å². The van der Waals surface area contributed by atoms with E-state index in [0.29, 0.717) is 0 Å². The van der Waals surface area contributed by atoms with E-state index in [1.807, 2.05) is 0 Å². The molecule has 0 saturated carbocycles. The highest BCUT2D eigenvalue weighted by Gasteiger charge is 2.07. The van der Waals surface area contributed by atoms with Gasteiger partial charge in [-0.25, -0.2) is 0 Å². The van der Waals surface area contributed by atoms with E-state index >= 15 is 0 Å². The van der Waals surface area contributed by atoms with Gasteiger partial charge in [0.05, 0.1) is 0 Å². The molecule has 0 radical (unpaired) electrons. The molecular formula is C14H21BrN2. The highest BCUT2D eigenvalue weighted by Crippen LogP contribution is 2.12. The highest BCUT2D eigenvalue weighted by molar-refractivity contribution is 9.10. The van der Waals surface area contributed by atoms with E-state index in [-0.39, 0.29) is 0 Å². The molecule has 0 atom stereocenters. The number of rotatable bonds is 5. The van der Waals surface area contributed by atoms with Crippen LogP contribution in [0.4, 0.5) is 0 Å². The Kier molecular flexibility index (Phi) is 5.49. The van der Waals surface area contributed by atoms with Gasteiger partial charge in [0.15, 0.2) is 0 Å². The van der Waals surface area contributed by atoms with Crippen molar-refractivity contribution in [2.75, 3.05) is 32.7 Å². The molecule has 0 unspecified atom stereocenters. The largest absolute Gasteiger partial charge is 0.314 e. The predicted molar refractivity (Wildman–Crippen MR) is 76.4 cm³/mol. The topological polar surface area (TPSA) is 15.3 Å². The van der Waals surface area contributed by atoms with Gasteiger partial charge in [-0.15, -0.1) is 0 Å². The van der Waals surface area contributed by atoms with E-state index in [9.17, 15) is 0 Å². The van der Waals surface area contributed by atoms with Crippen molar-refractivity contribution in [3.8, 4) is 0 Å².